The van der Waals surface area contributed by atoms with Crippen molar-refractivity contribution in [3.05, 3.63) is 0 Å². The van der Waals surface area contributed by atoms with Crippen molar-refractivity contribution < 1.29 is 19.1 Å². The molecule has 4 nitrogen and oxygen atoms in total. The zero-order chi connectivity index (χ0) is 11.9. The molecule has 0 aromatic carbocycles. The highest BCUT2D eigenvalue weighted by Crippen LogP contribution is 2.17. The monoisotopic (exact) mass is 232 g/mol. The molecule has 0 bridgehead atoms. The van der Waals surface area contributed by atoms with Crippen LogP contribution in [0.5, 0.6) is 0 Å². The molecule has 0 aromatic heterocycles. The minimum absolute atomic E-state index is 0. The van der Waals surface area contributed by atoms with Crippen molar-refractivity contribution >= 4 is 11.9 Å². The molecule has 16 heavy (non-hydrogen) atoms. The molecular formula is C12H24O4. The van der Waals surface area contributed by atoms with E-state index in [9.17, 15) is 9.59 Å². The van der Waals surface area contributed by atoms with Gasteiger partial charge < -0.3 is 9.47 Å². The molecule has 0 saturated heterocycles. The second kappa shape index (κ2) is 8.13. The number of carbonyl (C=O) groups is 2. The van der Waals surface area contributed by atoms with E-state index in [1.54, 1.807) is 6.92 Å². The number of esters is 2. The van der Waals surface area contributed by atoms with Crippen LogP contribution in [0.1, 0.15) is 48.0 Å². The highest BCUT2D eigenvalue weighted by atomic mass is 16.6. The van der Waals surface area contributed by atoms with Gasteiger partial charge >= 0.3 is 11.9 Å². The van der Waals surface area contributed by atoms with Crippen molar-refractivity contribution in [1.29, 1.82) is 0 Å². The smallest absolute Gasteiger partial charge is 0.317 e. The Labute approximate surface area is 98.3 Å². The van der Waals surface area contributed by atoms with Gasteiger partial charge in [-0.25, -0.2) is 0 Å². The summed E-state index contributed by atoms with van der Waals surface area (Å²) in [6, 6.07) is 0. The lowest BCUT2D eigenvalue weighted by atomic mass is 9.93. The Hall–Kier alpha value is -1.06. The molecule has 0 fully saturated rings. The van der Waals surface area contributed by atoms with Crippen LogP contribution in [0.15, 0.2) is 0 Å². The Kier molecular flexibility index (Phi) is 8.81. The minimum Gasteiger partial charge on any atom is -0.466 e. The fourth-order valence-corrected chi connectivity index (χ4v) is 0.852. The number of hydrogen-bond donors (Lipinski definition) is 0. The van der Waals surface area contributed by atoms with E-state index in [0.717, 1.165) is 6.42 Å². The first-order valence-corrected chi connectivity index (χ1v) is 5.16. The fraction of sp³-hybridized carbons (Fsp3) is 0.833. The lowest BCUT2D eigenvalue weighted by Crippen LogP contribution is -2.16. The fourth-order valence-electron chi connectivity index (χ4n) is 0.852. The first-order chi connectivity index (χ1) is 6.85. The summed E-state index contributed by atoms with van der Waals surface area (Å²) in [5, 5.41) is 0. The van der Waals surface area contributed by atoms with Crippen molar-refractivity contribution in [2.24, 2.45) is 5.41 Å². The van der Waals surface area contributed by atoms with Gasteiger partial charge in [-0.1, -0.05) is 28.2 Å². The summed E-state index contributed by atoms with van der Waals surface area (Å²) < 4.78 is 9.52. The maximum absolute atomic E-state index is 11.1. The van der Waals surface area contributed by atoms with Gasteiger partial charge in [0.25, 0.3) is 0 Å². The molecule has 0 radical (unpaired) electrons. The van der Waals surface area contributed by atoms with E-state index < -0.39 is 11.9 Å². The molecule has 0 aliphatic carbocycles. The van der Waals surface area contributed by atoms with Crippen LogP contribution < -0.4 is 0 Å². The third-order valence-corrected chi connectivity index (χ3v) is 1.71. The van der Waals surface area contributed by atoms with Crippen molar-refractivity contribution in [3.63, 3.8) is 0 Å². The molecule has 96 valence electrons. The van der Waals surface area contributed by atoms with Gasteiger partial charge in [0, 0.05) is 0 Å². The Morgan fingerprint density at radius 1 is 1.06 bits per heavy atom. The van der Waals surface area contributed by atoms with Gasteiger partial charge in [-0.2, -0.15) is 0 Å². The van der Waals surface area contributed by atoms with Crippen LogP contribution in [-0.4, -0.2) is 25.2 Å². The summed E-state index contributed by atoms with van der Waals surface area (Å²) in [7, 11) is 0. The minimum atomic E-state index is -0.529. The van der Waals surface area contributed by atoms with E-state index in [1.165, 1.54) is 0 Å². The van der Waals surface area contributed by atoms with E-state index >= 15 is 0 Å². The van der Waals surface area contributed by atoms with E-state index in [-0.39, 0.29) is 25.9 Å². The summed E-state index contributed by atoms with van der Waals surface area (Å²) in [4.78, 5) is 22.0. The molecule has 0 aliphatic heterocycles. The van der Waals surface area contributed by atoms with Crippen LogP contribution in [0.25, 0.3) is 0 Å². The average molecular weight is 232 g/mol. The Bertz CT molecular complexity index is 216. The van der Waals surface area contributed by atoms with E-state index in [0.29, 0.717) is 6.61 Å². The molecule has 4 heteroatoms. The second-order valence-corrected chi connectivity index (χ2v) is 4.51. The van der Waals surface area contributed by atoms with Gasteiger partial charge in [0.15, 0.2) is 0 Å². The molecule has 0 spiro atoms. The molecule has 0 N–H and O–H groups in total. The third-order valence-electron chi connectivity index (χ3n) is 1.71. The van der Waals surface area contributed by atoms with E-state index in [4.69, 9.17) is 4.74 Å². The van der Waals surface area contributed by atoms with Gasteiger partial charge in [-0.05, 0) is 18.8 Å². The summed E-state index contributed by atoms with van der Waals surface area (Å²) in [6.45, 7) is 8.52. The van der Waals surface area contributed by atoms with Crippen LogP contribution in [0.2, 0.25) is 0 Å². The van der Waals surface area contributed by atoms with Gasteiger partial charge in [0.1, 0.15) is 6.42 Å². The SMILES string of the molecule is C.CCOC(=O)CC(=O)OCCC(C)(C)C. The number of hydrogen-bond acceptors (Lipinski definition) is 4. The zero-order valence-electron chi connectivity index (χ0n) is 9.96. The average Bonchev–Trinajstić information content (AvgIpc) is 2.01. The van der Waals surface area contributed by atoms with Crippen LogP contribution in [0.4, 0.5) is 0 Å². The van der Waals surface area contributed by atoms with E-state index in [1.807, 2.05) is 0 Å². The van der Waals surface area contributed by atoms with Gasteiger partial charge in [-0.3, -0.25) is 9.59 Å². The second-order valence-electron chi connectivity index (χ2n) is 4.51. The topological polar surface area (TPSA) is 52.6 Å². The largest absolute Gasteiger partial charge is 0.466 e. The van der Waals surface area contributed by atoms with Crippen LogP contribution in [0, 0.1) is 5.41 Å². The molecule has 0 atom stereocenters. The molecule has 0 unspecified atom stereocenters. The summed E-state index contributed by atoms with van der Waals surface area (Å²) >= 11 is 0. The maximum atomic E-state index is 11.1. The summed E-state index contributed by atoms with van der Waals surface area (Å²) in [6.07, 6.45) is 0.486. The first-order valence-electron chi connectivity index (χ1n) is 5.16. The highest BCUT2D eigenvalue weighted by Gasteiger charge is 2.14. The lowest BCUT2D eigenvalue weighted by Gasteiger charge is -2.17. The predicted octanol–water partition coefficient (Wildman–Crippen LogP) is 2.56. The molecule has 0 heterocycles. The zero-order valence-corrected chi connectivity index (χ0v) is 9.96. The van der Waals surface area contributed by atoms with Gasteiger partial charge in [0.05, 0.1) is 13.2 Å². The van der Waals surface area contributed by atoms with Gasteiger partial charge in [-0.15, -0.1) is 0 Å². The predicted molar refractivity (Wildman–Crippen MR) is 63.0 cm³/mol. The Morgan fingerprint density at radius 2 is 1.56 bits per heavy atom. The normalized spacial score (nSPS) is 10.2. The molecule has 0 rings (SSSR count). The van der Waals surface area contributed by atoms with Gasteiger partial charge in [0.2, 0.25) is 0 Å². The Morgan fingerprint density at radius 3 is 2.00 bits per heavy atom. The van der Waals surface area contributed by atoms with E-state index in [2.05, 4.69) is 25.5 Å². The molecular weight excluding hydrogens is 208 g/mol. The molecule has 0 amide bonds. The Balaban J connectivity index is 0. The quantitative estimate of drug-likeness (QED) is 0.540. The van der Waals surface area contributed by atoms with Crippen molar-refractivity contribution in [2.45, 2.75) is 48.0 Å². The first kappa shape index (κ1) is 17.3. The van der Waals surface area contributed by atoms with Crippen LogP contribution in [-0.2, 0) is 19.1 Å². The third kappa shape index (κ3) is 11.0. The standard InChI is InChI=1S/C11H20O4.CH4/c1-5-14-9(12)8-10(13)15-7-6-11(2,3)4;/h5-8H2,1-4H3;1H4. The summed E-state index contributed by atoms with van der Waals surface area (Å²) in [5.41, 5.74) is 0.129. The van der Waals surface area contributed by atoms with Crippen LogP contribution >= 0.6 is 0 Å². The van der Waals surface area contributed by atoms with Crippen LogP contribution in [0.3, 0.4) is 0 Å². The number of carbonyl (C=O) groups excluding carboxylic acids is 2. The number of ether oxygens (including phenoxy) is 2. The lowest BCUT2D eigenvalue weighted by molar-refractivity contribution is -0.154. The molecule has 0 aromatic rings. The van der Waals surface area contributed by atoms with Crippen molar-refractivity contribution in [3.8, 4) is 0 Å². The highest BCUT2D eigenvalue weighted by molar-refractivity contribution is 5.91. The van der Waals surface area contributed by atoms with Crippen molar-refractivity contribution in [2.75, 3.05) is 13.2 Å². The molecule has 0 saturated carbocycles. The van der Waals surface area contributed by atoms with Crippen molar-refractivity contribution in [1.82, 2.24) is 0 Å². The molecule has 0 aliphatic rings. The number of rotatable bonds is 5. The summed E-state index contributed by atoms with van der Waals surface area (Å²) in [5.74, 6) is -1.05. The maximum Gasteiger partial charge on any atom is 0.317 e.